The summed E-state index contributed by atoms with van der Waals surface area (Å²) in [5.74, 6) is -0.361. The third-order valence-electron chi connectivity index (χ3n) is 7.00. The van der Waals surface area contributed by atoms with Crippen molar-refractivity contribution in [2.75, 3.05) is 0 Å². The van der Waals surface area contributed by atoms with Gasteiger partial charge >= 0.3 is 6.18 Å². The summed E-state index contributed by atoms with van der Waals surface area (Å²) in [4.78, 5) is 0. The summed E-state index contributed by atoms with van der Waals surface area (Å²) in [6.07, 6.45) is -3.26. The van der Waals surface area contributed by atoms with Crippen LogP contribution in [0.25, 0.3) is 22.0 Å². The Morgan fingerprint density at radius 3 is 2.34 bits per heavy atom. The summed E-state index contributed by atoms with van der Waals surface area (Å²) >= 11 is 1.14. The molecule has 0 spiro atoms. The Hall–Kier alpha value is -2.42. The highest BCUT2D eigenvalue weighted by Gasteiger charge is 2.40. The molecule has 1 aliphatic rings. The molecule has 0 atom stereocenters. The summed E-state index contributed by atoms with van der Waals surface area (Å²) in [6.45, 7) is 10.4. The summed E-state index contributed by atoms with van der Waals surface area (Å²) in [6, 6.07) is 7.18. The second-order valence-corrected chi connectivity index (χ2v) is 13.0. The molecule has 2 aromatic carbocycles. The molecule has 0 aliphatic heterocycles. The Morgan fingerprint density at radius 1 is 1.11 bits per heavy atom. The number of nitrogens with zero attached hydrogens (tertiary/aromatic N) is 2. The van der Waals surface area contributed by atoms with Gasteiger partial charge in [0.15, 0.2) is 0 Å². The Labute approximate surface area is 223 Å². The molecule has 4 rings (SSSR count). The quantitative estimate of drug-likeness (QED) is 0.161. The third kappa shape index (κ3) is 5.92. The molecule has 38 heavy (non-hydrogen) atoms. The molecule has 9 heteroatoms. The summed E-state index contributed by atoms with van der Waals surface area (Å²) in [7, 11) is 0. The molecule has 1 saturated carbocycles. The van der Waals surface area contributed by atoms with E-state index in [4.69, 9.17) is 0 Å². The Kier molecular flexibility index (Phi) is 7.73. The second-order valence-electron chi connectivity index (χ2n) is 11.6. The molecule has 2 nitrogen and oxygen atoms in total. The maximum absolute atomic E-state index is 15.5. The SMILES string of the molecule is CCC1CC(C)(SN=C(c2cn(CC(C)(C)C)c3cc(-c4ccccc4C(F)(F)F)c(F)cc23)C(F)F)C1. The molecule has 0 amide bonds. The second kappa shape index (κ2) is 10.3. The Bertz CT molecular complexity index is 1340. The van der Waals surface area contributed by atoms with Crippen LogP contribution in [0, 0.1) is 17.2 Å². The molecule has 3 aromatic rings. The molecular formula is C29H32F6N2S. The number of aromatic nitrogens is 1. The first-order chi connectivity index (χ1) is 17.6. The molecule has 0 saturated heterocycles. The molecule has 1 aliphatic carbocycles. The lowest BCUT2D eigenvalue weighted by Gasteiger charge is -2.43. The third-order valence-corrected chi connectivity index (χ3v) is 8.06. The van der Waals surface area contributed by atoms with Gasteiger partial charge in [-0.2, -0.15) is 13.2 Å². The van der Waals surface area contributed by atoms with Crippen molar-refractivity contribution in [3.63, 3.8) is 0 Å². The minimum absolute atomic E-state index is 0.0938. The number of halogens is 6. The monoisotopic (exact) mass is 554 g/mol. The summed E-state index contributed by atoms with van der Waals surface area (Å²) in [5.41, 5.74) is -1.75. The van der Waals surface area contributed by atoms with Crippen molar-refractivity contribution in [2.24, 2.45) is 15.7 Å². The van der Waals surface area contributed by atoms with Gasteiger partial charge < -0.3 is 4.57 Å². The van der Waals surface area contributed by atoms with Crippen LogP contribution in [0.2, 0.25) is 0 Å². The standard InChI is InChI=1S/C29H32F6N2S/c1-6-17-13-28(5,14-17)38-36-25(26(31)32)21-15-37(16-27(2,3)4)24-12-19(23(30)11-20(21)24)18-9-7-8-10-22(18)29(33,34)35/h7-12,15,17,26H,6,13-14,16H2,1-5H3. The van der Waals surface area contributed by atoms with E-state index in [1.807, 2.05) is 27.7 Å². The highest BCUT2D eigenvalue weighted by atomic mass is 32.2. The van der Waals surface area contributed by atoms with E-state index in [9.17, 15) is 22.0 Å². The number of fused-ring (bicyclic) bond motifs is 1. The minimum atomic E-state index is -4.68. The topological polar surface area (TPSA) is 17.3 Å². The van der Waals surface area contributed by atoms with E-state index in [-0.39, 0.29) is 32.2 Å². The van der Waals surface area contributed by atoms with Crippen LogP contribution in [0.1, 0.15) is 65.0 Å². The molecular weight excluding hydrogens is 522 g/mol. The lowest BCUT2D eigenvalue weighted by atomic mass is 9.74. The molecule has 0 N–H and O–H groups in total. The predicted molar refractivity (Wildman–Crippen MR) is 143 cm³/mol. The Morgan fingerprint density at radius 2 is 1.76 bits per heavy atom. The minimum Gasteiger partial charge on any atom is -0.346 e. The Balaban J connectivity index is 1.88. The number of alkyl halides is 5. The number of rotatable bonds is 7. The van der Waals surface area contributed by atoms with Crippen molar-refractivity contribution >= 4 is 28.6 Å². The average molecular weight is 555 g/mol. The van der Waals surface area contributed by atoms with Crippen LogP contribution >= 0.6 is 11.9 Å². The highest BCUT2D eigenvalue weighted by molar-refractivity contribution is 7.99. The van der Waals surface area contributed by atoms with Crippen LogP contribution in [0.5, 0.6) is 0 Å². The van der Waals surface area contributed by atoms with Gasteiger partial charge in [0.1, 0.15) is 11.5 Å². The normalized spacial score (nSPS) is 20.8. The van der Waals surface area contributed by atoms with E-state index >= 15 is 4.39 Å². The fourth-order valence-corrected chi connectivity index (χ4v) is 6.34. The molecule has 206 valence electrons. The van der Waals surface area contributed by atoms with Crippen LogP contribution in [0.4, 0.5) is 26.3 Å². The first-order valence-corrected chi connectivity index (χ1v) is 13.4. The zero-order chi connectivity index (χ0) is 28.0. The number of benzene rings is 2. The maximum Gasteiger partial charge on any atom is 0.417 e. The van der Waals surface area contributed by atoms with Crippen molar-refractivity contribution in [1.29, 1.82) is 0 Å². The zero-order valence-corrected chi connectivity index (χ0v) is 22.9. The molecule has 1 fully saturated rings. The van der Waals surface area contributed by atoms with Gasteiger partial charge in [-0.25, -0.2) is 17.6 Å². The van der Waals surface area contributed by atoms with Crippen molar-refractivity contribution in [3.05, 3.63) is 59.5 Å². The van der Waals surface area contributed by atoms with Gasteiger partial charge in [-0.1, -0.05) is 52.3 Å². The van der Waals surface area contributed by atoms with Gasteiger partial charge in [-0.3, -0.25) is 0 Å². The van der Waals surface area contributed by atoms with Gasteiger partial charge in [0.05, 0.1) is 5.56 Å². The number of hydrogen-bond donors (Lipinski definition) is 0. The molecule has 0 radical (unpaired) electrons. The first kappa shape index (κ1) is 28.6. The molecule has 0 bridgehead atoms. The highest BCUT2D eigenvalue weighted by Crippen LogP contribution is 2.50. The predicted octanol–water partition coefficient (Wildman–Crippen LogP) is 9.79. The van der Waals surface area contributed by atoms with E-state index < -0.39 is 29.7 Å². The van der Waals surface area contributed by atoms with Crippen LogP contribution in [0.3, 0.4) is 0 Å². The van der Waals surface area contributed by atoms with Crippen LogP contribution in [0.15, 0.2) is 47.0 Å². The van der Waals surface area contributed by atoms with E-state index in [1.165, 1.54) is 30.5 Å². The van der Waals surface area contributed by atoms with Crippen molar-refractivity contribution in [3.8, 4) is 11.1 Å². The van der Waals surface area contributed by atoms with Crippen molar-refractivity contribution in [2.45, 2.75) is 77.8 Å². The van der Waals surface area contributed by atoms with E-state index in [0.29, 0.717) is 18.0 Å². The molecule has 1 aromatic heterocycles. The molecule has 1 heterocycles. The van der Waals surface area contributed by atoms with Gasteiger partial charge in [-0.05, 0) is 66.8 Å². The van der Waals surface area contributed by atoms with E-state index in [2.05, 4.69) is 11.3 Å². The van der Waals surface area contributed by atoms with E-state index in [0.717, 1.165) is 43.3 Å². The average Bonchev–Trinajstić information content (AvgIpc) is 3.11. The van der Waals surface area contributed by atoms with E-state index in [1.54, 1.807) is 4.57 Å². The van der Waals surface area contributed by atoms with Gasteiger partial charge in [0, 0.05) is 39.5 Å². The van der Waals surface area contributed by atoms with Crippen LogP contribution in [-0.4, -0.2) is 21.5 Å². The smallest absolute Gasteiger partial charge is 0.346 e. The first-order valence-electron chi connectivity index (χ1n) is 12.7. The van der Waals surface area contributed by atoms with Gasteiger partial charge in [0.2, 0.25) is 0 Å². The molecule has 0 unspecified atom stereocenters. The lowest BCUT2D eigenvalue weighted by Crippen LogP contribution is -2.37. The maximum atomic E-state index is 15.5. The fourth-order valence-electron chi connectivity index (χ4n) is 5.22. The summed E-state index contributed by atoms with van der Waals surface area (Å²) < 4.78 is 91.1. The van der Waals surface area contributed by atoms with Crippen LogP contribution < -0.4 is 0 Å². The van der Waals surface area contributed by atoms with Crippen molar-refractivity contribution in [1.82, 2.24) is 4.57 Å². The number of hydrogen-bond acceptors (Lipinski definition) is 2. The van der Waals surface area contributed by atoms with Crippen molar-refractivity contribution < 1.29 is 26.3 Å². The zero-order valence-electron chi connectivity index (χ0n) is 22.1. The van der Waals surface area contributed by atoms with Gasteiger partial charge in [0.25, 0.3) is 6.43 Å². The van der Waals surface area contributed by atoms with Crippen LogP contribution in [-0.2, 0) is 12.7 Å². The summed E-state index contributed by atoms with van der Waals surface area (Å²) in [5, 5.41) is 0.199. The lowest BCUT2D eigenvalue weighted by molar-refractivity contribution is -0.137. The fraction of sp³-hybridized carbons (Fsp3) is 0.483. The largest absolute Gasteiger partial charge is 0.417 e. The van der Waals surface area contributed by atoms with Gasteiger partial charge in [-0.15, -0.1) is 0 Å².